The fraction of sp³-hybridized carbons (Fsp3) is 0.750. The maximum Gasteiger partial charge on any atom is 0.110 e. The molecule has 1 saturated heterocycles. The molecule has 1 fully saturated rings. The average Bonchev–Trinajstić information content (AvgIpc) is 2.72. The molecule has 96 valence electrons. The Hall–Kier alpha value is -0.580. The average molecular weight is 258 g/mol. The highest BCUT2D eigenvalue weighted by atomic mass is 35.5. The first-order chi connectivity index (χ1) is 8.10. The normalized spacial score (nSPS) is 20.7. The standard InChI is InChI=1S/C12H20ClN3O/c1-3-15-7-5-12(17,6-8-15)11-10(13)9-14-16(11)4-2/h9,17H,3-8H2,1-2H3. The Bertz CT molecular complexity index is 383. The molecule has 0 bridgehead atoms. The molecule has 0 unspecified atom stereocenters. The predicted octanol–water partition coefficient (Wildman–Crippen LogP) is 1.86. The van der Waals surface area contributed by atoms with Gasteiger partial charge in [-0.15, -0.1) is 0 Å². The molecular weight excluding hydrogens is 238 g/mol. The molecule has 0 aromatic carbocycles. The van der Waals surface area contributed by atoms with E-state index in [0.717, 1.165) is 44.7 Å². The molecule has 4 nitrogen and oxygen atoms in total. The van der Waals surface area contributed by atoms with E-state index in [0.29, 0.717) is 5.02 Å². The lowest BCUT2D eigenvalue weighted by Crippen LogP contribution is -2.43. The molecule has 0 saturated carbocycles. The number of aromatic nitrogens is 2. The van der Waals surface area contributed by atoms with Crippen LogP contribution in [0.5, 0.6) is 0 Å². The Labute approximate surface area is 107 Å². The van der Waals surface area contributed by atoms with Gasteiger partial charge >= 0.3 is 0 Å². The van der Waals surface area contributed by atoms with Crippen molar-refractivity contribution in [2.45, 2.75) is 38.8 Å². The van der Waals surface area contributed by atoms with Crippen LogP contribution < -0.4 is 0 Å². The molecule has 5 heteroatoms. The van der Waals surface area contributed by atoms with Crippen LogP contribution in [-0.2, 0) is 12.1 Å². The van der Waals surface area contributed by atoms with Gasteiger partial charge in [-0.25, -0.2) is 0 Å². The number of hydrogen-bond donors (Lipinski definition) is 1. The van der Waals surface area contributed by atoms with Crippen molar-refractivity contribution in [2.75, 3.05) is 19.6 Å². The first-order valence-electron chi connectivity index (χ1n) is 6.27. The van der Waals surface area contributed by atoms with E-state index in [1.54, 1.807) is 6.20 Å². The van der Waals surface area contributed by atoms with Gasteiger partial charge in [0.1, 0.15) is 5.60 Å². The minimum atomic E-state index is -0.810. The summed E-state index contributed by atoms with van der Waals surface area (Å²) in [6.07, 6.45) is 3.09. The van der Waals surface area contributed by atoms with Crippen LogP contribution in [0.2, 0.25) is 5.02 Å². The Kier molecular flexibility index (Phi) is 3.76. The lowest BCUT2D eigenvalue weighted by molar-refractivity contribution is -0.0313. The van der Waals surface area contributed by atoms with Gasteiger partial charge in [0, 0.05) is 19.6 Å². The lowest BCUT2D eigenvalue weighted by atomic mass is 9.88. The number of aryl methyl sites for hydroxylation is 1. The van der Waals surface area contributed by atoms with Crippen molar-refractivity contribution >= 4 is 11.6 Å². The maximum absolute atomic E-state index is 10.8. The van der Waals surface area contributed by atoms with E-state index in [1.807, 2.05) is 11.6 Å². The summed E-state index contributed by atoms with van der Waals surface area (Å²) in [6.45, 7) is 7.76. The zero-order valence-electron chi connectivity index (χ0n) is 10.5. The molecule has 1 aliphatic rings. The lowest BCUT2D eigenvalue weighted by Gasteiger charge is -2.38. The molecule has 1 aromatic heterocycles. The summed E-state index contributed by atoms with van der Waals surface area (Å²) in [4.78, 5) is 2.34. The molecule has 0 atom stereocenters. The molecule has 17 heavy (non-hydrogen) atoms. The van der Waals surface area contributed by atoms with Crippen LogP contribution in [0.25, 0.3) is 0 Å². The quantitative estimate of drug-likeness (QED) is 0.899. The first-order valence-corrected chi connectivity index (χ1v) is 6.65. The van der Waals surface area contributed by atoms with Crippen molar-refractivity contribution in [1.29, 1.82) is 0 Å². The van der Waals surface area contributed by atoms with Crippen LogP contribution in [0.3, 0.4) is 0 Å². The molecular formula is C12H20ClN3O. The zero-order chi connectivity index (χ0) is 12.5. The van der Waals surface area contributed by atoms with Crippen molar-refractivity contribution in [3.05, 3.63) is 16.9 Å². The molecule has 2 rings (SSSR count). The highest BCUT2D eigenvalue weighted by Gasteiger charge is 2.38. The maximum atomic E-state index is 10.8. The summed E-state index contributed by atoms with van der Waals surface area (Å²) >= 11 is 6.16. The van der Waals surface area contributed by atoms with E-state index >= 15 is 0 Å². The van der Waals surface area contributed by atoms with Gasteiger partial charge in [0.25, 0.3) is 0 Å². The van der Waals surface area contributed by atoms with Crippen LogP contribution in [0.4, 0.5) is 0 Å². The van der Waals surface area contributed by atoms with Gasteiger partial charge in [-0.2, -0.15) is 5.10 Å². The van der Waals surface area contributed by atoms with Crippen LogP contribution in [0.15, 0.2) is 6.20 Å². The minimum Gasteiger partial charge on any atom is -0.383 e. The first kappa shape index (κ1) is 12.9. The summed E-state index contributed by atoms with van der Waals surface area (Å²) < 4.78 is 1.81. The predicted molar refractivity (Wildman–Crippen MR) is 68.2 cm³/mol. The topological polar surface area (TPSA) is 41.3 Å². The Balaban J connectivity index is 2.24. The third-order valence-corrected chi connectivity index (χ3v) is 3.94. The van der Waals surface area contributed by atoms with Gasteiger partial charge in [-0.3, -0.25) is 4.68 Å². The number of aliphatic hydroxyl groups is 1. The van der Waals surface area contributed by atoms with Gasteiger partial charge in [0.05, 0.1) is 16.9 Å². The van der Waals surface area contributed by atoms with Crippen LogP contribution in [-0.4, -0.2) is 39.4 Å². The largest absolute Gasteiger partial charge is 0.383 e. The van der Waals surface area contributed by atoms with E-state index in [-0.39, 0.29) is 0 Å². The van der Waals surface area contributed by atoms with Crippen molar-refractivity contribution in [2.24, 2.45) is 0 Å². The molecule has 0 aliphatic carbocycles. The second-order valence-electron chi connectivity index (χ2n) is 4.62. The number of likely N-dealkylation sites (tertiary alicyclic amines) is 1. The van der Waals surface area contributed by atoms with Gasteiger partial charge in [-0.1, -0.05) is 18.5 Å². The number of piperidine rings is 1. The Morgan fingerprint density at radius 3 is 2.53 bits per heavy atom. The van der Waals surface area contributed by atoms with E-state index in [1.165, 1.54) is 0 Å². The summed E-state index contributed by atoms with van der Waals surface area (Å²) in [5.41, 5.74) is -0.0210. The second kappa shape index (κ2) is 4.96. The molecule has 0 radical (unpaired) electrons. The highest BCUT2D eigenvalue weighted by Crippen LogP contribution is 2.36. The van der Waals surface area contributed by atoms with Gasteiger partial charge in [0.2, 0.25) is 0 Å². The smallest absolute Gasteiger partial charge is 0.110 e. The molecule has 1 aliphatic heterocycles. The monoisotopic (exact) mass is 257 g/mol. The van der Waals surface area contributed by atoms with Crippen molar-refractivity contribution in [3.8, 4) is 0 Å². The van der Waals surface area contributed by atoms with E-state index in [2.05, 4.69) is 16.9 Å². The molecule has 1 N–H and O–H groups in total. The van der Waals surface area contributed by atoms with Gasteiger partial charge in [-0.05, 0) is 26.3 Å². The van der Waals surface area contributed by atoms with Gasteiger partial charge < -0.3 is 10.0 Å². The molecule has 1 aromatic rings. The molecule has 2 heterocycles. The molecule has 0 spiro atoms. The Morgan fingerprint density at radius 2 is 2.00 bits per heavy atom. The second-order valence-corrected chi connectivity index (χ2v) is 5.03. The summed E-state index contributed by atoms with van der Waals surface area (Å²) in [6, 6.07) is 0. The molecule has 0 amide bonds. The van der Waals surface area contributed by atoms with Gasteiger partial charge in [0.15, 0.2) is 0 Å². The number of rotatable bonds is 3. The van der Waals surface area contributed by atoms with Crippen molar-refractivity contribution in [3.63, 3.8) is 0 Å². The van der Waals surface area contributed by atoms with Crippen LogP contribution in [0.1, 0.15) is 32.4 Å². The highest BCUT2D eigenvalue weighted by molar-refractivity contribution is 6.31. The van der Waals surface area contributed by atoms with Crippen molar-refractivity contribution in [1.82, 2.24) is 14.7 Å². The van der Waals surface area contributed by atoms with Crippen LogP contribution >= 0.6 is 11.6 Å². The number of hydrogen-bond acceptors (Lipinski definition) is 3. The fourth-order valence-electron chi connectivity index (χ4n) is 2.54. The van der Waals surface area contributed by atoms with Crippen molar-refractivity contribution < 1.29 is 5.11 Å². The summed E-state index contributed by atoms with van der Waals surface area (Å²) in [5.74, 6) is 0. The zero-order valence-corrected chi connectivity index (χ0v) is 11.2. The van der Waals surface area contributed by atoms with E-state index < -0.39 is 5.60 Å². The Morgan fingerprint density at radius 1 is 1.35 bits per heavy atom. The van der Waals surface area contributed by atoms with E-state index in [4.69, 9.17) is 11.6 Å². The third-order valence-electron chi connectivity index (χ3n) is 3.67. The third kappa shape index (κ3) is 2.34. The van der Waals surface area contributed by atoms with E-state index in [9.17, 15) is 5.11 Å². The SMILES string of the molecule is CCN1CCC(O)(c2c(Cl)cnn2CC)CC1. The van der Waals surface area contributed by atoms with Crippen LogP contribution in [0, 0.1) is 0 Å². The summed E-state index contributed by atoms with van der Waals surface area (Å²) in [7, 11) is 0. The number of nitrogens with zero attached hydrogens (tertiary/aromatic N) is 3. The number of halogens is 1. The summed E-state index contributed by atoms with van der Waals surface area (Å²) in [5, 5.41) is 15.6. The minimum absolute atomic E-state index is 0.583. The fourth-order valence-corrected chi connectivity index (χ4v) is 2.86.